The van der Waals surface area contributed by atoms with Gasteiger partial charge in [0.1, 0.15) is 4.32 Å². The van der Waals surface area contributed by atoms with Gasteiger partial charge in [-0.05, 0) is 12.3 Å². The van der Waals surface area contributed by atoms with Crippen molar-refractivity contribution in [3.05, 3.63) is 0 Å². The maximum atomic E-state index is 5.27. The van der Waals surface area contributed by atoms with Crippen LogP contribution >= 0.6 is 24.0 Å². The van der Waals surface area contributed by atoms with Crippen molar-refractivity contribution in [2.75, 3.05) is 12.3 Å². The van der Waals surface area contributed by atoms with Crippen molar-refractivity contribution < 1.29 is 0 Å². The van der Waals surface area contributed by atoms with Crippen molar-refractivity contribution in [2.24, 2.45) is 5.92 Å². The van der Waals surface area contributed by atoms with Crippen molar-refractivity contribution in [3.63, 3.8) is 0 Å². The van der Waals surface area contributed by atoms with Crippen LogP contribution in [0.25, 0.3) is 0 Å². The Bertz CT molecular complexity index is 193. The number of hydrogen-bond donors (Lipinski definition) is 1. The zero-order valence-electron chi connectivity index (χ0n) is 12.5. The zero-order chi connectivity index (χ0) is 13.6. The topological polar surface area (TPSA) is 12.0 Å². The molecule has 0 aromatic rings. The fraction of sp³-hybridized carbons (Fsp3) is 0.933. The summed E-state index contributed by atoms with van der Waals surface area (Å²) in [6, 6.07) is 0. The van der Waals surface area contributed by atoms with Crippen LogP contribution in [0.1, 0.15) is 72.1 Å². The quantitative estimate of drug-likeness (QED) is 0.404. The van der Waals surface area contributed by atoms with Crippen LogP contribution in [-0.2, 0) is 0 Å². The molecule has 108 valence electrons. The highest BCUT2D eigenvalue weighted by Gasteiger charge is 1.99. The van der Waals surface area contributed by atoms with E-state index in [-0.39, 0.29) is 0 Å². The Morgan fingerprint density at radius 1 is 1.00 bits per heavy atom. The molecule has 0 aliphatic heterocycles. The van der Waals surface area contributed by atoms with Crippen LogP contribution in [0.4, 0.5) is 0 Å². The number of unbranched alkanes of at least 4 members (excludes halogenated alkanes) is 7. The predicted molar refractivity (Wildman–Crippen MR) is 90.5 cm³/mol. The normalized spacial score (nSPS) is 10.9. The van der Waals surface area contributed by atoms with Crippen LogP contribution in [0.15, 0.2) is 0 Å². The molecule has 0 fully saturated rings. The molecule has 0 heterocycles. The molecule has 0 spiro atoms. The van der Waals surface area contributed by atoms with Crippen molar-refractivity contribution in [2.45, 2.75) is 72.1 Å². The van der Waals surface area contributed by atoms with Crippen LogP contribution < -0.4 is 5.32 Å². The first-order valence-electron chi connectivity index (χ1n) is 7.57. The van der Waals surface area contributed by atoms with E-state index in [1.54, 1.807) is 11.8 Å². The van der Waals surface area contributed by atoms with Crippen LogP contribution in [0.5, 0.6) is 0 Å². The molecule has 0 bridgehead atoms. The molecule has 0 radical (unpaired) electrons. The Morgan fingerprint density at radius 3 is 2.11 bits per heavy atom. The van der Waals surface area contributed by atoms with E-state index in [1.165, 1.54) is 51.4 Å². The van der Waals surface area contributed by atoms with E-state index in [2.05, 4.69) is 26.1 Å². The van der Waals surface area contributed by atoms with Crippen LogP contribution in [-0.4, -0.2) is 16.6 Å². The second-order valence-electron chi connectivity index (χ2n) is 5.39. The summed E-state index contributed by atoms with van der Waals surface area (Å²) in [5, 5.41) is 3.34. The largest absolute Gasteiger partial charge is 0.371 e. The summed E-state index contributed by atoms with van der Waals surface area (Å²) in [6.07, 6.45) is 11.0. The fourth-order valence-corrected chi connectivity index (χ4v) is 2.74. The van der Waals surface area contributed by atoms with Crippen LogP contribution in [0.2, 0.25) is 0 Å². The Labute approximate surface area is 124 Å². The number of nitrogens with one attached hydrogen (secondary N) is 1. The third-order valence-corrected chi connectivity index (χ3v) is 4.59. The molecule has 0 unspecified atom stereocenters. The van der Waals surface area contributed by atoms with Gasteiger partial charge in [-0.25, -0.2) is 0 Å². The van der Waals surface area contributed by atoms with Gasteiger partial charge in [-0.1, -0.05) is 89.7 Å². The number of rotatable bonds is 11. The van der Waals surface area contributed by atoms with Crippen molar-refractivity contribution >= 4 is 28.3 Å². The molecule has 0 saturated heterocycles. The molecule has 0 aromatic heterocycles. The van der Waals surface area contributed by atoms with E-state index in [0.717, 1.165) is 22.5 Å². The van der Waals surface area contributed by atoms with Crippen molar-refractivity contribution in [3.8, 4) is 0 Å². The van der Waals surface area contributed by atoms with Gasteiger partial charge < -0.3 is 5.32 Å². The third-order valence-electron chi connectivity index (χ3n) is 2.85. The molecule has 0 aromatic carbocycles. The van der Waals surface area contributed by atoms with Gasteiger partial charge in [-0.3, -0.25) is 0 Å². The SMILES string of the molecule is CCCCCCCCCCNC(=S)SCC(C)C. The van der Waals surface area contributed by atoms with E-state index in [1.807, 2.05) is 0 Å². The highest BCUT2D eigenvalue weighted by Crippen LogP contribution is 2.10. The van der Waals surface area contributed by atoms with Crippen LogP contribution in [0.3, 0.4) is 0 Å². The van der Waals surface area contributed by atoms with Gasteiger partial charge in [0.15, 0.2) is 0 Å². The summed E-state index contributed by atoms with van der Waals surface area (Å²) in [6.45, 7) is 7.78. The molecule has 0 atom stereocenters. The maximum Gasteiger partial charge on any atom is 0.133 e. The second-order valence-corrected chi connectivity index (χ2v) is 7.09. The second kappa shape index (κ2) is 13.7. The molecule has 0 aliphatic carbocycles. The zero-order valence-corrected chi connectivity index (χ0v) is 14.1. The summed E-state index contributed by atoms with van der Waals surface area (Å²) in [4.78, 5) is 0. The van der Waals surface area contributed by atoms with E-state index >= 15 is 0 Å². The third kappa shape index (κ3) is 14.3. The lowest BCUT2D eigenvalue weighted by molar-refractivity contribution is 0.573. The van der Waals surface area contributed by atoms with Crippen molar-refractivity contribution in [1.82, 2.24) is 5.32 Å². The molecule has 0 saturated carbocycles. The van der Waals surface area contributed by atoms with E-state index in [0.29, 0.717) is 0 Å². The van der Waals surface area contributed by atoms with Gasteiger partial charge in [-0.15, -0.1) is 0 Å². The highest BCUT2D eigenvalue weighted by molar-refractivity contribution is 8.22. The standard InChI is InChI=1S/C15H31NS2/c1-4-5-6-7-8-9-10-11-12-16-15(17)18-13-14(2)3/h14H,4-13H2,1-3H3,(H,16,17). The van der Waals surface area contributed by atoms with Crippen LogP contribution in [0, 0.1) is 5.92 Å². The van der Waals surface area contributed by atoms with E-state index in [4.69, 9.17) is 12.2 Å². The molecule has 1 N–H and O–H groups in total. The van der Waals surface area contributed by atoms with Gasteiger partial charge in [0.25, 0.3) is 0 Å². The van der Waals surface area contributed by atoms with E-state index in [9.17, 15) is 0 Å². The summed E-state index contributed by atoms with van der Waals surface area (Å²) in [5.41, 5.74) is 0. The lowest BCUT2D eigenvalue weighted by Gasteiger charge is -2.08. The minimum atomic E-state index is 0.720. The molecule has 3 heteroatoms. The number of hydrogen-bond acceptors (Lipinski definition) is 2. The monoisotopic (exact) mass is 289 g/mol. The van der Waals surface area contributed by atoms with Gasteiger partial charge in [-0.2, -0.15) is 0 Å². The number of thioether (sulfide) groups is 1. The van der Waals surface area contributed by atoms with Gasteiger partial charge in [0.2, 0.25) is 0 Å². The van der Waals surface area contributed by atoms with Gasteiger partial charge >= 0.3 is 0 Å². The summed E-state index contributed by atoms with van der Waals surface area (Å²) >= 11 is 7.06. The minimum absolute atomic E-state index is 0.720. The highest BCUT2D eigenvalue weighted by atomic mass is 32.2. The maximum absolute atomic E-state index is 5.27. The molecular weight excluding hydrogens is 258 g/mol. The predicted octanol–water partition coefficient (Wildman–Crippen LogP) is 5.39. The van der Waals surface area contributed by atoms with Gasteiger partial charge in [0.05, 0.1) is 0 Å². The summed E-state index contributed by atoms with van der Waals surface area (Å²) < 4.78 is 0.978. The molecule has 0 aliphatic rings. The smallest absolute Gasteiger partial charge is 0.133 e. The summed E-state index contributed by atoms with van der Waals surface area (Å²) in [5.74, 6) is 1.85. The average molecular weight is 290 g/mol. The van der Waals surface area contributed by atoms with E-state index < -0.39 is 0 Å². The summed E-state index contributed by atoms with van der Waals surface area (Å²) in [7, 11) is 0. The minimum Gasteiger partial charge on any atom is -0.371 e. The first-order chi connectivity index (χ1) is 8.66. The molecular formula is C15H31NS2. The Morgan fingerprint density at radius 2 is 1.56 bits per heavy atom. The molecule has 0 rings (SSSR count). The fourth-order valence-electron chi connectivity index (χ4n) is 1.74. The molecule has 0 amide bonds. The van der Waals surface area contributed by atoms with Gasteiger partial charge in [0, 0.05) is 12.3 Å². The average Bonchev–Trinajstić information content (AvgIpc) is 2.34. The Hall–Kier alpha value is 0.240. The molecule has 18 heavy (non-hydrogen) atoms. The lowest BCUT2D eigenvalue weighted by atomic mass is 10.1. The first-order valence-corrected chi connectivity index (χ1v) is 8.96. The number of thiocarbonyl (C=S) groups is 1. The lowest BCUT2D eigenvalue weighted by Crippen LogP contribution is -2.20. The van der Waals surface area contributed by atoms with Crippen molar-refractivity contribution in [1.29, 1.82) is 0 Å². The Kier molecular flexibility index (Phi) is 13.8. The first kappa shape index (κ1) is 18.2. The molecule has 1 nitrogen and oxygen atoms in total. The Balaban J connectivity index is 3.12.